The van der Waals surface area contributed by atoms with Gasteiger partial charge < -0.3 is 19.1 Å². The van der Waals surface area contributed by atoms with E-state index in [4.69, 9.17) is 4.74 Å². The number of carbonyl (C=O) groups is 1. The molecule has 0 spiro atoms. The predicted octanol–water partition coefficient (Wildman–Crippen LogP) is 2.79. The third-order valence-corrected chi connectivity index (χ3v) is 5.99. The first-order valence-electron chi connectivity index (χ1n) is 9.85. The van der Waals surface area contributed by atoms with Crippen molar-refractivity contribution in [1.29, 1.82) is 0 Å². The highest BCUT2D eigenvalue weighted by Gasteiger charge is 2.35. The van der Waals surface area contributed by atoms with Crippen molar-refractivity contribution in [3.8, 4) is 0 Å². The minimum absolute atomic E-state index is 0.155. The lowest BCUT2D eigenvalue weighted by Crippen LogP contribution is -2.52. The van der Waals surface area contributed by atoms with E-state index < -0.39 is 0 Å². The number of fused-ring (bicyclic) bond motifs is 1. The van der Waals surface area contributed by atoms with Crippen LogP contribution < -0.4 is 0 Å². The maximum absolute atomic E-state index is 13.1. The second kappa shape index (κ2) is 8.86. The molecule has 0 unspecified atom stereocenters. The number of piperidine rings is 2. The Morgan fingerprint density at radius 2 is 1.96 bits per heavy atom. The molecule has 5 heteroatoms. The van der Waals surface area contributed by atoms with Crippen LogP contribution in [0.4, 0.5) is 0 Å². The molecule has 5 nitrogen and oxygen atoms in total. The topological polar surface area (TPSA) is 37.7 Å². The van der Waals surface area contributed by atoms with Crippen molar-refractivity contribution in [3.05, 3.63) is 24.5 Å². The van der Waals surface area contributed by atoms with Crippen molar-refractivity contribution in [2.24, 2.45) is 5.92 Å². The Labute approximate surface area is 151 Å². The highest BCUT2D eigenvalue weighted by atomic mass is 16.5. The van der Waals surface area contributed by atoms with Gasteiger partial charge in [0.05, 0.1) is 6.61 Å². The van der Waals surface area contributed by atoms with Gasteiger partial charge in [-0.05, 0) is 63.7 Å². The Bertz CT molecular complexity index is 529. The van der Waals surface area contributed by atoms with E-state index in [9.17, 15) is 4.79 Å². The lowest BCUT2D eigenvalue weighted by Gasteiger charge is -2.46. The number of rotatable bonds is 7. The molecule has 0 saturated carbocycles. The largest absolute Gasteiger partial charge is 0.383 e. The van der Waals surface area contributed by atoms with Crippen LogP contribution in [0.15, 0.2) is 24.5 Å². The van der Waals surface area contributed by atoms with Gasteiger partial charge in [0.1, 0.15) is 6.04 Å². The Kier molecular flexibility index (Phi) is 6.54. The molecule has 1 aromatic rings. The maximum Gasteiger partial charge on any atom is 0.245 e. The average Bonchev–Trinajstić information content (AvgIpc) is 3.18. The Hall–Kier alpha value is -1.33. The fraction of sp³-hybridized carbons (Fsp3) is 0.750. The number of hydrogen-bond donors (Lipinski definition) is 0. The van der Waals surface area contributed by atoms with Crippen molar-refractivity contribution in [2.75, 3.05) is 39.9 Å². The van der Waals surface area contributed by atoms with Crippen LogP contribution in [0.3, 0.4) is 0 Å². The third-order valence-electron chi connectivity index (χ3n) is 5.99. The van der Waals surface area contributed by atoms with Crippen molar-refractivity contribution in [1.82, 2.24) is 14.4 Å². The minimum Gasteiger partial charge on any atom is -0.383 e. The summed E-state index contributed by atoms with van der Waals surface area (Å²) in [7, 11) is 1.71. The van der Waals surface area contributed by atoms with Crippen LogP contribution in [0.25, 0.3) is 0 Å². The smallest absolute Gasteiger partial charge is 0.245 e. The summed E-state index contributed by atoms with van der Waals surface area (Å²) in [6.45, 7) is 6.64. The van der Waals surface area contributed by atoms with E-state index in [1.807, 2.05) is 36.0 Å². The molecular formula is C20H33N3O2. The molecule has 0 aliphatic carbocycles. The average molecular weight is 348 g/mol. The Morgan fingerprint density at radius 1 is 1.20 bits per heavy atom. The van der Waals surface area contributed by atoms with Gasteiger partial charge in [0.2, 0.25) is 5.91 Å². The molecule has 2 fully saturated rings. The van der Waals surface area contributed by atoms with E-state index in [1.165, 1.54) is 45.2 Å². The number of nitrogens with zero attached hydrogens (tertiary/aromatic N) is 3. The van der Waals surface area contributed by atoms with Gasteiger partial charge in [-0.25, -0.2) is 0 Å². The summed E-state index contributed by atoms with van der Waals surface area (Å²) < 4.78 is 7.27. The first kappa shape index (κ1) is 18.5. The first-order chi connectivity index (χ1) is 12.2. The molecule has 0 radical (unpaired) electrons. The van der Waals surface area contributed by atoms with Gasteiger partial charge >= 0.3 is 0 Å². The Morgan fingerprint density at radius 3 is 2.72 bits per heavy atom. The predicted molar refractivity (Wildman–Crippen MR) is 99.5 cm³/mol. The lowest BCUT2D eigenvalue weighted by molar-refractivity contribution is -0.136. The molecule has 0 N–H and O–H groups in total. The van der Waals surface area contributed by atoms with Gasteiger partial charge in [0, 0.05) is 38.6 Å². The van der Waals surface area contributed by atoms with E-state index >= 15 is 0 Å². The number of hydrogen-bond acceptors (Lipinski definition) is 3. The molecule has 1 aromatic heterocycles. The zero-order valence-electron chi connectivity index (χ0n) is 15.8. The Balaban J connectivity index is 1.68. The molecule has 2 saturated heterocycles. The van der Waals surface area contributed by atoms with Gasteiger partial charge in [-0.15, -0.1) is 0 Å². The summed E-state index contributed by atoms with van der Waals surface area (Å²) in [4.78, 5) is 17.8. The van der Waals surface area contributed by atoms with Gasteiger partial charge in [-0.1, -0.05) is 6.42 Å². The highest BCUT2D eigenvalue weighted by Crippen LogP contribution is 2.31. The van der Waals surface area contributed by atoms with Crippen molar-refractivity contribution >= 4 is 5.91 Å². The fourth-order valence-corrected chi connectivity index (χ4v) is 4.56. The number of ether oxygens (including phenoxy) is 1. The molecular weight excluding hydrogens is 314 g/mol. The summed E-state index contributed by atoms with van der Waals surface area (Å²) in [5, 5.41) is 0. The molecule has 140 valence electrons. The number of amides is 1. The molecule has 25 heavy (non-hydrogen) atoms. The number of aromatic nitrogens is 1. The number of carbonyl (C=O) groups excluding carboxylic acids is 1. The van der Waals surface area contributed by atoms with Crippen LogP contribution >= 0.6 is 0 Å². The maximum atomic E-state index is 13.1. The van der Waals surface area contributed by atoms with Crippen LogP contribution in [-0.2, 0) is 9.53 Å². The second-order valence-corrected chi connectivity index (χ2v) is 7.58. The van der Waals surface area contributed by atoms with Gasteiger partial charge in [0.15, 0.2) is 0 Å². The van der Waals surface area contributed by atoms with Crippen LogP contribution in [0.2, 0.25) is 0 Å². The molecule has 0 aromatic carbocycles. The summed E-state index contributed by atoms with van der Waals surface area (Å²) in [6.07, 6.45) is 10.4. The van der Waals surface area contributed by atoms with Crippen LogP contribution in [0, 0.1) is 5.92 Å². The summed E-state index contributed by atoms with van der Waals surface area (Å²) in [5.41, 5.74) is 0. The fourth-order valence-electron chi connectivity index (χ4n) is 4.56. The van der Waals surface area contributed by atoms with Crippen molar-refractivity contribution in [3.63, 3.8) is 0 Å². The van der Waals surface area contributed by atoms with Gasteiger partial charge in [0.25, 0.3) is 0 Å². The van der Waals surface area contributed by atoms with Crippen molar-refractivity contribution < 1.29 is 9.53 Å². The van der Waals surface area contributed by atoms with E-state index in [2.05, 4.69) is 9.80 Å². The minimum atomic E-state index is -0.155. The molecule has 1 amide bonds. The van der Waals surface area contributed by atoms with Crippen LogP contribution in [0.5, 0.6) is 0 Å². The summed E-state index contributed by atoms with van der Waals surface area (Å²) in [6, 6.07) is 4.47. The molecule has 2 aliphatic heterocycles. The normalized spacial score (nSPS) is 25.4. The van der Waals surface area contributed by atoms with Crippen molar-refractivity contribution in [2.45, 2.75) is 51.1 Å². The molecule has 3 atom stereocenters. The van der Waals surface area contributed by atoms with E-state index in [1.54, 1.807) is 7.11 Å². The summed E-state index contributed by atoms with van der Waals surface area (Å²) in [5.74, 6) is 0.813. The summed E-state index contributed by atoms with van der Waals surface area (Å²) >= 11 is 0. The van der Waals surface area contributed by atoms with Gasteiger partial charge in [-0.3, -0.25) is 4.79 Å². The van der Waals surface area contributed by atoms with E-state index in [0.717, 1.165) is 6.54 Å². The van der Waals surface area contributed by atoms with Crippen LogP contribution in [-0.4, -0.2) is 66.2 Å². The molecule has 3 rings (SSSR count). The zero-order chi connectivity index (χ0) is 17.6. The molecule has 0 bridgehead atoms. The molecule has 2 aliphatic rings. The monoisotopic (exact) mass is 347 g/mol. The SMILES string of the molecule is COCCN(C[C@@H]1CCCN2CCCC[C@H]12)C(=O)[C@H](C)n1cccc1. The lowest BCUT2D eigenvalue weighted by atomic mass is 9.83. The van der Waals surface area contributed by atoms with Crippen LogP contribution in [0.1, 0.15) is 45.1 Å². The standard InChI is InChI=1S/C20H33N3O2/c1-17(21-10-5-6-11-21)20(24)23(14-15-25-2)16-18-8-7-13-22-12-4-3-9-19(18)22/h5-6,10-11,17-19H,3-4,7-9,12-16H2,1-2H3/t17-,18-,19+/m0/s1. The van der Waals surface area contributed by atoms with Gasteiger partial charge in [-0.2, -0.15) is 0 Å². The highest BCUT2D eigenvalue weighted by molar-refractivity contribution is 5.80. The molecule has 3 heterocycles. The third kappa shape index (κ3) is 4.45. The number of methoxy groups -OCH3 is 1. The second-order valence-electron chi connectivity index (χ2n) is 7.58. The zero-order valence-corrected chi connectivity index (χ0v) is 15.8. The quantitative estimate of drug-likeness (QED) is 0.761. The van der Waals surface area contributed by atoms with E-state index in [0.29, 0.717) is 25.1 Å². The van der Waals surface area contributed by atoms with E-state index in [-0.39, 0.29) is 11.9 Å². The first-order valence-corrected chi connectivity index (χ1v) is 9.85.